The first-order valence-corrected chi connectivity index (χ1v) is 7.71. The first kappa shape index (κ1) is 14.0. The van der Waals surface area contributed by atoms with Crippen LogP contribution in [0.4, 0.5) is 5.69 Å². The normalized spacial score (nSPS) is 17.6. The summed E-state index contributed by atoms with van der Waals surface area (Å²) in [5, 5.41) is 3.65. The van der Waals surface area contributed by atoms with E-state index in [1.807, 2.05) is 18.5 Å². The van der Waals surface area contributed by atoms with E-state index in [1.165, 1.54) is 17.7 Å². The van der Waals surface area contributed by atoms with Crippen molar-refractivity contribution in [3.05, 3.63) is 54.1 Å². The van der Waals surface area contributed by atoms with Gasteiger partial charge < -0.3 is 10.2 Å². The number of benzene rings is 1. The lowest BCUT2D eigenvalue weighted by atomic mass is 9.96. The minimum atomic E-state index is 0.467. The number of rotatable bonds is 5. The van der Waals surface area contributed by atoms with Gasteiger partial charge in [0, 0.05) is 30.7 Å². The van der Waals surface area contributed by atoms with Crippen molar-refractivity contribution in [1.82, 2.24) is 15.3 Å². The van der Waals surface area contributed by atoms with Gasteiger partial charge in [-0.3, -0.25) is 0 Å². The maximum Gasteiger partial charge on any atom is 0.147 e. The number of para-hydroxylation sites is 1. The van der Waals surface area contributed by atoms with Gasteiger partial charge in [0.05, 0.1) is 6.54 Å². The number of hydrogen-bond donors (Lipinski definition) is 1. The van der Waals surface area contributed by atoms with E-state index in [0.29, 0.717) is 6.04 Å². The Hall–Kier alpha value is -1.94. The lowest BCUT2D eigenvalue weighted by Crippen LogP contribution is -2.36. The number of fused-ring (bicyclic) bond motifs is 1. The number of nitrogens with one attached hydrogen (secondary N) is 1. The lowest BCUT2D eigenvalue weighted by Gasteiger charge is -2.35. The molecule has 1 unspecified atom stereocenters. The van der Waals surface area contributed by atoms with Crippen molar-refractivity contribution in [2.24, 2.45) is 0 Å². The second-order valence-electron chi connectivity index (χ2n) is 5.44. The molecule has 1 aromatic heterocycles. The van der Waals surface area contributed by atoms with Crippen molar-refractivity contribution in [2.75, 3.05) is 18.0 Å². The van der Waals surface area contributed by atoms with E-state index in [4.69, 9.17) is 0 Å². The highest BCUT2D eigenvalue weighted by Crippen LogP contribution is 2.34. The summed E-state index contributed by atoms with van der Waals surface area (Å²) in [5.74, 6) is 0.882. The molecule has 2 aromatic rings. The Morgan fingerprint density at radius 1 is 1.19 bits per heavy atom. The molecule has 0 saturated heterocycles. The largest absolute Gasteiger partial charge is 0.364 e. The monoisotopic (exact) mass is 282 g/mol. The predicted molar refractivity (Wildman–Crippen MR) is 85.2 cm³/mol. The smallest absolute Gasteiger partial charge is 0.147 e. The SMILES string of the molecule is CCCNC1CCN(Cc2ncccn2)c2ccccc21. The molecule has 4 nitrogen and oxygen atoms in total. The van der Waals surface area contributed by atoms with Crippen LogP contribution in [0.3, 0.4) is 0 Å². The van der Waals surface area contributed by atoms with E-state index in [0.717, 1.165) is 31.9 Å². The zero-order valence-electron chi connectivity index (χ0n) is 12.5. The molecule has 4 heteroatoms. The highest BCUT2D eigenvalue weighted by atomic mass is 15.2. The topological polar surface area (TPSA) is 41.0 Å². The van der Waals surface area contributed by atoms with Gasteiger partial charge in [0.1, 0.15) is 5.82 Å². The lowest BCUT2D eigenvalue weighted by molar-refractivity contribution is 0.475. The van der Waals surface area contributed by atoms with Gasteiger partial charge in [-0.25, -0.2) is 9.97 Å². The van der Waals surface area contributed by atoms with Gasteiger partial charge in [-0.15, -0.1) is 0 Å². The first-order chi connectivity index (χ1) is 10.4. The average molecular weight is 282 g/mol. The molecule has 0 bridgehead atoms. The number of hydrogen-bond acceptors (Lipinski definition) is 4. The van der Waals surface area contributed by atoms with Gasteiger partial charge in [-0.2, -0.15) is 0 Å². The fourth-order valence-corrected chi connectivity index (χ4v) is 2.91. The summed E-state index contributed by atoms with van der Waals surface area (Å²) in [7, 11) is 0. The molecule has 1 aliphatic heterocycles. The zero-order chi connectivity index (χ0) is 14.5. The van der Waals surface area contributed by atoms with Crippen molar-refractivity contribution in [2.45, 2.75) is 32.4 Å². The third-order valence-electron chi connectivity index (χ3n) is 3.93. The van der Waals surface area contributed by atoms with E-state index in [-0.39, 0.29) is 0 Å². The third-order valence-corrected chi connectivity index (χ3v) is 3.93. The van der Waals surface area contributed by atoms with Gasteiger partial charge in [-0.05, 0) is 37.1 Å². The summed E-state index contributed by atoms with van der Waals surface area (Å²) in [5.41, 5.74) is 2.71. The average Bonchev–Trinajstić information content (AvgIpc) is 2.55. The van der Waals surface area contributed by atoms with Crippen LogP contribution in [0, 0.1) is 0 Å². The van der Waals surface area contributed by atoms with Crippen LogP contribution in [0.25, 0.3) is 0 Å². The number of anilines is 1. The van der Waals surface area contributed by atoms with Crippen molar-refractivity contribution < 1.29 is 0 Å². The summed E-state index contributed by atoms with van der Waals surface area (Å²) < 4.78 is 0. The molecule has 0 amide bonds. The van der Waals surface area contributed by atoms with E-state index in [9.17, 15) is 0 Å². The summed E-state index contributed by atoms with van der Waals surface area (Å²) >= 11 is 0. The van der Waals surface area contributed by atoms with Crippen LogP contribution in [-0.2, 0) is 6.54 Å². The van der Waals surface area contributed by atoms with Crippen LogP contribution in [0.2, 0.25) is 0 Å². The van der Waals surface area contributed by atoms with Crippen LogP contribution in [0.5, 0.6) is 0 Å². The Labute approximate surface area is 126 Å². The van der Waals surface area contributed by atoms with Gasteiger partial charge >= 0.3 is 0 Å². The Kier molecular flexibility index (Phi) is 4.46. The Balaban J connectivity index is 1.81. The van der Waals surface area contributed by atoms with Crippen LogP contribution < -0.4 is 10.2 Å². The van der Waals surface area contributed by atoms with Gasteiger partial charge in [-0.1, -0.05) is 25.1 Å². The fourth-order valence-electron chi connectivity index (χ4n) is 2.91. The molecule has 0 fully saturated rings. The summed E-state index contributed by atoms with van der Waals surface area (Å²) in [4.78, 5) is 11.1. The molecule has 0 aliphatic carbocycles. The molecule has 1 aromatic carbocycles. The molecule has 0 spiro atoms. The molecule has 21 heavy (non-hydrogen) atoms. The Morgan fingerprint density at radius 2 is 2.00 bits per heavy atom. The molecule has 3 rings (SSSR count). The van der Waals surface area contributed by atoms with Gasteiger partial charge in [0.25, 0.3) is 0 Å². The third kappa shape index (κ3) is 3.22. The molecule has 1 aliphatic rings. The maximum absolute atomic E-state index is 4.35. The summed E-state index contributed by atoms with van der Waals surface area (Å²) in [6, 6.07) is 11.0. The molecule has 1 atom stereocenters. The zero-order valence-corrected chi connectivity index (χ0v) is 12.5. The predicted octanol–water partition coefficient (Wildman–Crippen LogP) is 2.93. The summed E-state index contributed by atoms with van der Waals surface area (Å²) in [6.45, 7) is 5.09. The molecule has 0 radical (unpaired) electrons. The minimum Gasteiger partial charge on any atom is -0.364 e. The van der Waals surface area contributed by atoms with Crippen LogP contribution in [0.15, 0.2) is 42.7 Å². The highest BCUT2D eigenvalue weighted by Gasteiger charge is 2.24. The van der Waals surface area contributed by atoms with Crippen molar-refractivity contribution in [3.8, 4) is 0 Å². The quantitative estimate of drug-likeness (QED) is 0.915. The Bertz CT molecular complexity index is 570. The van der Waals surface area contributed by atoms with Crippen LogP contribution >= 0.6 is 0 Å². The van der Waals surface area contributed by atoms with Crippen molar-refractivity contribution >= 4 is 5.69 Å². The summed E-state index contributed by atoms with van der Waals surface area (Å²) in [6.07, 6.45) is 5.91. The van der Waals surface area contributed by atoms with Crippen LogP contribution in [0.1, 0.15) is 37.2 Å². The van der Waals surface area contributed by atoms with E-state index in [1.54, 1.807) is 0 Å². The van der Waals surface area contributed by atoms with Crippen molar-refractivity contribution in [3.63, 3.8) is 0 Å². The molecular weight excluding hydrogens is 260 g/mol. The molecule has 1 N–H and O–H groups in total. The molecule has 2 heterocycles. The molecule has 110 valence electrons. The van der Waals surface area contributed by atoms with Gasteiger partial charge in [0.2, 0.25) is 0 Å². The number of nitrogens with zero attached hydrogens (tertiary/aromatic N) is 3. The molecule has 0 saturated carbocycles. The number of aromatic nitrogens is 2. The van der Waals surface area contributed by atoms with E-state index < -0.39 is 0 Å². The van der Waals surface area contributed by atoms with Crippen LogP contribution in [-0.4, -0.2) is 23.1 Å². The fraction of sp³-hybridized carbons (Fsp3) is 0.412. The standard InChI is InChI=1S/C17H22N4/c1-2-9-18-15-8-12-21(13-17-19-10-5-11-20-17)16-7-4-3-6-14(15)16/h3-7,10-11,15,18H,2,8-9,12-13H2,1H3. The highest BCUT2D eigenvalue weighted by molar-refractivity contribution is 5.57. The maximum atomic E-state index is 4.35. The van der Waals surface area contributed by atoms with E-state index >= 15 is 0 Å². The second-order valence-corrected chi connectivity index (χ2v) is 5.44. The molecular formula is C17H22N4. The van der Waals surface area contributed by atoms with Gasteiger partial charge in [0.15, 0.2) is 0 Å². The second kappa shape index (κ2) is 6.68. The first-order valence-electron chi connectivity index (χ1n) is 7.71. The Morgan fingerprint density at radius 3 is 2.81 bits per heavy atom. The van der Waals surface area contributed by atoms with E-state index in [2.05, 4.69) is 51.4 Å². The minimum absolute atomic E-state index is 0.467. The van der Waals surface area contributed by atoms with Crippen molar-refractivity contribution in [1.29, 1.82) is 0 Å².